The maximum atomic E-state index is 11.2. The molecule has 2 heteroatoms. The standard InChI is InChI=1S/C17H26O2/c1-12-7-8-14(16(2,3)4)11-13(12)9-10-17(5,6)15(18)19/h7-8,11H,9-10H2,1-6H3,(H,18,19). The topological polar surface area (TPSA) is 37.3 Å². The second-order valence-corrected chi connectivity index (χ2v) is 7.08. The van der Waals surface area contributed by atoms with Gasteiger partial charge in [-0.2, -0.15) is 0 Å². The van der Waals surface area contributed by atoms with E-state index in [0.29, 0.717) is 6.42 Å². The van der Waals surface area contributed by atoms with E-state index in [1.165, 1.54) is 16.7 Å². The molecule has 0 aliphatic carbocycles. The lowest BCUT2D eigenvalue weighted by Crippen LogP contribution is -2.24. The van der Waals surface area contributed by atoms with Gasteiger partial charge < -0.3 is 5.11 Å². The highest BCUT2D eigenvalue weighted by Gasteiger charge is 2.27. The van der Waals surface area contributed by atoms with E-state index in [9.17, 15) is 9.90 Å². The summed E-state index contributed by atoms with van der Waals surface area (Å²) < 4.78 is 0. The Kier molecular flexibility index (Phi) is 4.44. The molecule has 1 rings (SSSR count). The molecule has 0 atom stereocenters. The zero-order chi connectivity index (χ0) is 14.8. The fraction of sp³-hybridized carbons (Fsp3) is 0.588. The zero-order valence-corrected chi connectivity index (χ0v) is 13.0. The molecule has 19 heavy (non-hydrogen) atoms. The minimum absolute atomic E-state index is 0.130. The van der Waals surface area contributed by atoms with E-state index >= 15 is 0 Å². The van der Waals surface area contributed by atoms with Crippen molar-refractivity contribution in [2.75, 3.05) is 0 Å². The number of carbonyl (C=O) groups is 1. The Morgan fingerprint density at radius 1 is 1.16 bits per heavy atom. The van der Waals surface area contributed by atoms with Crippen LogP contribution in [0.2, 0.25) is 0 Å². The van der Waals surface area contributed by atoms with E-state index in [-0.39, 0.29) is 5.41 Å². The Hall–Kier alpha value is -1.31. The van der Waals surface area contributed by atoms with Crippen LogP contribution in [0, 0.1) is 12.3 Å². The largest absolute Gasteiger partial charge is 0.481 e. The van der Waals surface area contributed by atoms with Crippen LogP contribution >= 0.6 is 0 Å². The van der Waals surface area contributed by atoms with Gasteiger partial charge in [0.1, 0.15) is 0 Å². The maximum absolute atomic E-state index is 11.2. The lowest BCUT2D eigenvalue weighted by Gasteiger charge is -2.23. The van der Waals surface area contributed by atoms with Crippen LogP contribution in [0.5, 0.6) is 0 Å². The van der Waals surface area contributed by atoms with E-state index < -0.39 is 11.4 Å². The second kappa shape index (κ2) is 5.36. The average Bonchev–Trinajstić information content (AvgIpc) is 2.26. The number of hydrogen-bond acceptors (Lipinski definition) is 1. The van der Waals surface area contributed by atoms with Crippen molar-refractivity contribution < 1.29 is 9.90 Å². The quantitative estimate of drug-likeness (QED) is 0.876. The van der Waals surface area contributed by atoms with E-state index in [1.54, 1.807) is 13.8 Å². The van der Waals surface area contributed by atoms with Gasteiger partial charge in [0.25, 0.3) is 0 Å². The lowest BCUT2D eigenvalue weighted by molar-refractivity contribution is -0.147. The fourth-order valence-corrected chi connectivity index (χ4v) is 1.96. The van der Waals surface area contributed by atoms with E-state index in [2.05, 4.69) is 45.9 Å². The van der Waals surface area contributed by atoms with Crippen LogP contribution in [0.1, 0.15) is 57.7 Å². The Bertz CT molecular complexity index is 465. The highest BCUT2D eigenvalue weighted by molar-refractivity contribution is 5.73. The van der Waals surface area contributed by atoms with E-state index in [4.69, 9.17) is 0 Å². The Morgan fingerprint density at radius 3 is 2.21 bits per heavy atom. The first-order valence-electron chi connectivity index (χ1n) is 6.87. The van der Waals surface area contributed by atoms with Crippen LogP contribution in [-0.2, 0) is 16.6 Å². The summed E-state index contributed by atoms with van der Waals surface area (Å²) in [5.74, 6) is -0.725. The van der Waals surface area contributed by atoms with Gasteiger partial charge in [-0.05, 0) is 55.7 Å². The number of benzene rings is 1. The summed E-state index contributed by atoms with van der Waals surface area (Å²) in [6, 6.07) is 6.54. The maximum Gasteiger partial charge on any atom is 0.309 e. The Balaban J connectivity index is 2.93. The highest BCUT2D eigenvalue weighted by Crippen LogP contribution is 2.28. The number of hydrogen-bond donors (Lipinski definition) is 1. The molecule has 0 aliphatic heterocycles. The van der Waals surface area contributed by atoms with Crippen molar-refractivity contribution in [1.82, 2.24) is 0 Å². The first-order chi connectivity index (χ1) is 8.54. The molecule has 1 aromatic rings. The van der Waals surface area contributed by atoms with Crippen LogP contribution in [0.25, 0.3) is 0 Å². The van der Waals surface area contributed by atoms with Gasteiger partial charge in [-0.15, -0.1) is 0 Å². The molecule has 106 valence electrons. The van der Waals surface area contributed by atoms with Crippen molar-refractivity contribution in [3.05, 3.63) is 34.9 Å². The van der Waals surface area contributed by atoms with Gasteiger partial charge in [-0.3, -0.25) is 4.79 Å². The number of rotatable bonds is 4. The summed E-state index contributed by atoms with van der Waals surface area (Å²) in [5.41, 5.74) is 3.28. The fourth-order valence-electron chi connectivity index (χ4n) is 1.96. The van der Waals surface area contributed by atoms with Crippen molar-refractivity contribution in [2.45, 2.75) is 59.8 Å². The van der Waals surface area contributed by atoms with Crippen LogP contribution in [-0.4, -0.2) is 11.1 Å². The molecule has 0 saturated heterocycles. The van der Waals surface area contributed by atoms with Gasteiger partial charge in [0, 0.05) is 0 Å². The monoisotopic (exact) mass is 262 g/mol. The zero-order valence-electron chi connectivity index (χ0n) is 13.0. The van der Waals surface area contributed by atoms with E-state index in [0.717, 1.165) is 6.42 Å². The molecule has 1 N–H and O–H groups in total. The minimum atomic E-state index is -0.725. The minimum Gasteiger partial charge on any atom is -0.481 e. The number of aryl methyl sites for hydroxylation is 2. The molecular formula is C17H26O2. The van der Waals surface area contributed by atoms with Crippen LogP contribution in [0.4, 0.5) is 0 Å². The third kappa shape index (κ3) is 4.09. The molecular weight excluding hydrogens is 236 g/mol. The molecule has 1 aromatic carbocycles. The molecule has 0 aliphatic rings. The molecule has 0 spiro atoms. The molecule has 0 fully saturated rings. The summed E-state index contributed by atoms with van der Waals surface area (Å²) in [6.45, 7) is 12.3. The summed E-state index contributed by atoms with van der Waals surface area (Å²) in [7, 11) is 0. The molecule has 0 unspecified atom stereocenters. The Morgan fingerprint density at radius 2 is 1.74 bits per heavy atom. The Labute approximate surface area is 116 Å². The van der Waals surface area contributed by atoms with Gasteiger partial charge in [-0.1, -0.05) is 39.0 Å². The molecule has 0 saturated carbocycles. The van der Waals surface area contributed by atoms with Crippen molar-refractivity contribution in [3.63, 3.8) is 0 Å². The molecule has 0 heterocycles. The molecule has 0 bridgehead atoms. The number of aliphatic carboxylic acids is 1. The molecule has 0 aromatic heterocycles. The first-order valence-corrected chi connectivity index (χ1v) is 6.87. The van der Waals surface area contributed by atoms with Crippen molar-refractivity contribution in [3.8, 4) is 0 Å². The van der Waals surface area contributed by atoms with Crippen molar-refractivity contribution in [1.29, 1.82) is 0 Å². The molecule has 0 amide bonds. The highest BCUT2D eigenvalue weighted by atomic mass is 16.4. The van der Waals surface area contributed by atoms with Crippen molar-refractivity contribution in [2.24, 2.45) is 5.41 Å². The number of carboxylic acids is 1. The van der Waals surface area contributed by atoms with E-state index in [1.807, 2.05) is 0 Å². The van der Waals surface area contributed by atoms with Gasteiger partial charge in [0.05, 0.1) is 5.41 Å². The van der Waals surface area contributed by atoms with Crippen LogP contribution in [0.15, 0.2) is 18.2 Å². The van der Waals surface area contributed by atoms with Gasteiger partial charge >= 0.3 is 5.97 Å². The molecule has 0 radical (unpaired) electrons. The average molecular weight is 262 g/mol. The van der Waals surface area contributed by atoms with Gasteiger partial charge in [0.2, 0.25) is 0 Å². The van der Waals surface area contributed by atoms with Crippen LogP contribution < -0.4 is 0 Å². The third-order valence-electron chi connectivity index (χ3n) is 3.81. The summed E-state index contributed by atoms with van der Waals surface area (Å²) in [4.78, 5) is 11.2. The SMILES string of the molecule is Cc1ccc(C(C)(C)C)cc1CCC(C)(C)C(=O)O. The second-order valence-electron chi connectivity index (χ2n) is 7.08. The summed E-state index contributed by atoms with van der Waals surface area (Å²) in [5, 5.41) is 9.17. The smallest absolute Gasteiger partial charge is 0.309 e. The van der Waals surface area contributed by atoms with Crippen LogP contribution in [0.3, 0.4) is 0 Å². The normalized spacial score (nSPS) is 12.5. The summed E-state index contributed by atoms with van der Waals surface area (Å²) >= 11 is 0. The predicted octanol–water partition coefficient (Wildman–Crippen LogP) is 4.34. The first kappa shape index (κ1) is 15.7. The molecule has 2 nitrogen and oxygen atoms in total. The predicted molar refractivity (Wildman–Crippen MR) is 79.6 cm³/mol. The van der Waals surface area contributed by atoms with Gasteiger partial charge in [0.15, 0.2) is 0 Å². The number of carboxylic acid groups (broad SMARTS) is 1. The third-order valence-corrected chi connectivity index (χ3v) is 3.81. The van der Waals surface area contributed by atoms with Crippen molar-refractivity contribution >= 4 is 5.97 Å². The lowest BCUT2D eigenvalue weighted by atomic mass is 9.82. The van der Waals surface area contributed by atoms with Gasteiger partial charge in [-0.25, -0.2) is 0 Å². The summed E-state index contributed by atoms with van der Waals surface area (Å²) in [6.07, 6.45) is 1.48.